The highest BCUT2D eigenvalue weighted by Crippen LogP contribution is 2.36. The predicted molar refractivity (Wildman–Crippen MR) is 60.8 cm³/mol. The third-order valence-electron chi connectivity index (χ3n) is 2.07. The van der Waals surface area contributed by atoms with E-state index in [9.17, 15) is 21.6 Å². The zero-order valence-corrected chi connectivity index (χ0v) is 10.3. The van der Waals surface area contributed by atoms with Crippen molar-refractivity contribution < 1.29 is 21.6 Å². The summed E-state index contributed by atoms with van der Waals surface area (Å²) in [6.45, 7) is 0. The maximum atomic E-state index is 12.3. The van der Waals surface area contributed by atoms with Gasteiger partial charge in [0.15, 0.2) is 0 Å². The van der Waals surface area contributed by atoms with Gasteiger partial charge in [0.05, 0.1) is 10.6 Å². The topological polar surface area (TPSA) is 47.0 Å². The normalized spacial score (nSPS) is 12.6. The first kappa shape index (κ1) is 13.0. The number of aromatic nitrogens is 1. The van der Waals surface area contributed by atoms with Crippen molar-refractivity contribution in [1.82, 2.24) is 4.98 Å². The van der Waals surface area contributed by atoms with Gasteiger partial charge in [-0.25, -0.2) is 8.42 Å². The fourth-order valence-corrected chi connectivity index (χ4v) is 3.41. The lowest BCUT2D eigenvalue weighted by Crippen LogP contribution is -2.22. The summed E-state index contributed by atoms with van der Waals surface area (Å²) < 4.78 is 58.6. The fraction of sp³-hybridized carbons (Fsp3) is 0.100. The molecule has 0 aliphatic heterocycles. The van der Waals surface area contributed by atoms with Crippen LogP contribution in [0.25, 0.3) is 10.6 Å². The van der Waals surface area contributed by atoms with Crippen LogP contribution in [0.5, 0.6) is 0 Å². The molecule has 8 heteroatoms. The van der Waals surface area contributed by atoms with E-state index in [-0.39, 0.29) is 0 Å². The van der Waals surface area contributed by atoms with Crippen molar-refractivity contribution in [3.63, 3.8) is 0 Å². The highest BCUT2D eigenvalue weighted by atomic mass is 32.2. The quantitative estimate of drug-likeness (QED) is 0.854. The molecule has 0 bridgehead atoms. The first-order chi connectivity index (χ1) is 8.32. The van der Waals surface area contributed by atoms with Gasteiger partial charge in [-0.05, 0) is 24.3 Å². The number of alkyl halides is 3. The van der Waals surface area contributed by atoms with Crippen LogP contribution in [0.1, 0.15) is 0 Å². The Hall–Kier alpha value is -1.41. The van der Waals surface area contributed by atoms with Crippen LogP contribution in [0.3, 0.4) is 0 Å². The zero-order valence-electron chi connectivity index (χ0n) is 8.68. The summed E-state index contributed by atoms with van der Waals surface area (Å²) >= 11 is 0.549. The van der Waals surface area contributed by atoms with Gasteiger partial charge in [0, 0.05) is 6.20 Å². The van der Waals surface area contributed by atoms with Gasteiger partial charge in [0.1, 0.15) is 4.21 Å². The third kappa shape index (κ3) is 2.25. The lowest BCUT2D eigenvalue weighted by atomic mass is 10.3. The predicted octanol–water partition coefficient (Wildman–Crippen LogP) is 3.10. The lowest BCUT2D eigenvalue weighted by molar-refractivity contribution is -0.0434. The molecule has 0 fully saturated rings. The molecule has 0 aliphatic rings. The Morgan fingerprint density at radius 2 is 1.83 bits per heavy atom. The minimum Gasteiger partial charge on any atom is -0.255 e. The summed E-state index contributed by atoms with van der Waals surface area (Å²) in [5, 5.41) is 0. The third-order valence-corrected chi connectivity index (χ3v) is 5.15. The summed E-state index contributed by atoms with van der Waals surface area (Å²) in [7, 11) is -5.27. The summed E-state index contributed by atoms with van der Waals surface area (Å²) in [4.78, 5) is 4.31. The van der Waals surface area contributed by atoms with E-state index in [1.807, 2.05) is 0 Å². The summed E-state index contributed by atoms with van der Waals surface area (Å²) in [5.41, 5.74) is -4.84. The molecule has 3 nitrogen and oxygen atoms in total. The SMILES string of the molecule is O=S(=O)(c1ccc(-c2ccccn2)s1)C(F)(F)F. The average Bonchev–Trinajstić information content (AvgIpc) is 2.78. The second kappa shape index (κ2) is 4.36. The van der Waals surface area contributed by atoms with Gasteiger partial charge in [-0.2, -0.15) is 13.2 Å². The molecule has 0 atom stereocenters. The van der Waals surface area contributed by atoms with Gasteiger partial charge in [0.25, 0.3) is 9.84 Å². The van der Waals surface area contributed by atoms with Crippen LogP contribution >= 0.6 is 11.3 Å². The van der Waals surface area contributed by atoms with Crippen molar-refractivity contribution in [2.24, 2.45) is 0 Å². The van der Waals surface area contributed by atoms with Gasteiger partial charge in [-0.1, -0.05) is 6.07 Å². The Balaban J connectivity index is 2.45. The van der Waals surface area contributed by atoms with Gasteiger partial charge in [0.2, 0.25) is 0 Å². The highest BCUT2D eigenvalue weighted by Gasteiger charge is 2.47. The highest BCUT2D eigenvalue weighted by molar-refractivity contribution is 7.94. The Labute approximate surface area is 105 Å². The number of sulfone groups is 1. The first-order valence-electron chi connectivity index (χ1n) is 4.65. The summed E-state index contributed by atoms with van der Waals surface area (Å²) in [6, 6.07) is 7.17. The smallest absolute Gasteiger partial charge is 0.255 e. The van der Waals surface area contributed by atoms with Crippen LogP contribution in [0.4, 0.5) is 13.2 Å². The van der Waals surface area contributed by atoms with E-state index in [0.29, 0.717) is 21.9 Å². The number of nitrogens with zero attached hydrogens (tertiary/aromatic N) is 1. The van der Waals surface area contributed by atoms with E-state index >= 15 is 0 Å². The number of thiophene rings is 1. The number of pyridine rings is 1. The minimum atomic E-state index is -5.28. The van der Waals surface area contributed by atoms with Gasteiger partial charge in [-0.15, -0.1) is 11.3 Å². The Kier molecular flexibility index (Phi) is 3.16. The molecule has 0 aromatic carbocycles. The molecule has 0 radical (unpaired) electrons. The second-order valence-electron chi connectivity index (χ2n) is 3.28. The molecule has 2 heterocycles. The van der Waals surface area contributed by atoms with E-state index in [2.05, 4.69) is 4.98 Å². The summed E-state index contributed by atoms with van der Waals surface area (Å²) in [6.07, 6.45) is 1.48. The lowest BCUT2D eigenvalue weighted by Gasteiger charge is -2.04. The van der Waals surface area contributed by atoms with Crippen LogP contribution in [-0.4, -0.2) is 18.9 Å². The monoisotopic (exact) mass is 293 g/mol. The molecule has 0 saturated heterocycles. The van der Waals surface area contributed by atoms with Crippen molar-refractivity contribution >= 4 is 21.2 Å². The molecule has 0 spiro atoms. The van der Waals surface area contributed by atoms with Crippen molar-refractivity contribution in [2.75, 3.05) is 0 Å². The minimum absolute atomic E-state index is 0.374. The van der Waals surface area contributed by atoms with Crippen molar-refractivity contribution in [2.45, 2.75) is 9.72 Å². The molecule has 2 aromatic heterocycles. The van der Waals surface area contributed by atoms with Crippen molar-refractivity contribution in [3.05, 3.63) is 36.5 Å². The average molecular weight is 293 g/mol. The molecular formula is C10H6F3NO2S2. The first-order valence-corrected chi connectivity index (χ1v) is 6.95. The number of halogens is 3. The van der Waals surface area contributed by atoms with Crippen molar-refractivity contribution in [3.8, 4) is 10.6 Å². The molecule has 0 amide bonds. The van der Waals surface area contributed by atoms with E-state index in [1.165, 1.54) is 12.3 Å². The van der Waals surface area contributed by atoms with Crippen LogP contribution in [0, 0.1) is 0 Å². The van der Waals surface area contributed by atoms with E-state index in [0.717, 1.165) is 6.07 Å². The van der Waals surface area contributed by atoms with E-state index in [1.54, 1.807) is 18.2 Å². The Bertz CT molecular complexity index is 647. The molecule has 2 rings (SSSR count). The van der Waals surface area contributed by atoms with Crippen LogP contribution < -0.4 is 0 Å². The zero-order chi connectivity index (χ0) is 13.4. The van der Waals surface area contributed by atoms with Crippen molar-refractivity contribution in [1.29, 1.82) is 0 Å². The molecule has 0 N–H and O–H groups in total. The van der Waals surface area contributed by atoms with Crippen LogP contribution in [0.15, 0.2) is 40.7 Å². The van der Waals surface area contributed by atoms with Crippen LogP contribution in [-0.2, 0) is 9.84 Å². The largest absolute Gasteiger partial charge is 0.502 e. The molecule has 96 valence electrons. The van der Waals surface area contributed by atoms with E-state index in [4.69, 9.17) is 0 Å². The maximum Gasteiger partial charge on any atom is 0.502 e. The molecule has 0 saturated carbocycles. The number of hydrogen-bond acceptors (Lipinski definition) is 4. The van der Waals surface area contributed by atoms with Gasteiger partial charge in [-0.3, -0.25) is 4.98 Å². The Morgan fingerprint density at radius 3 is 2.39 bits per heavy atom. The molecule has 18 heavy (non-hydrogen) atoms. The molecule has 0 unspecified atom stereocenters. The Morgan fingerprint density at radius 1 is 1.11 bits per heavy atom. The standard InChI is InChI=1S/C10H6F3NO2S2/c11-10(12,13)18(15,16)9-5-4-8(17-9)7-3-1-2-6-14-7/h1-6H. The number of hydrogen-bond donors (Lipinski definition) is 0. The maximum absolute atomic E-state index is 12.3. The van der Waals surface area contributed by atoms with Gasteiger partial charge < -0.3 is 0 Å². The molecule has 0 aliphatic carbocycles. The molecule has 2 aromatic rings. The van der Waals surface area contributed by atoms with Crippen LogP contribution in [0.2, 0.25) is 0 Å². The second-order valence-corrected chi connectivity index (χ2v) is 6.53. The van der Waals surface area contributed by atoms with Gasteiger partial charge >= 0.3 is 5.51 Å². The summed E-state index contributed by atoms with van der Waals surface area (Å²) in [5.74, 6) is 0. The number of rotatable bonds is 2. The molecular weight excluding hydrogens is 287 g/mol. The van der Waals surface area contributed by atoms with E-state index < -0.39 is 19.6 Å². The fourth-order valence-electron chi connectivity index (χ4n) is 1.22.